The molecule has 1 unspecified atom stereocenters. The summed E-state index contributed by atoms with van der Waals surface area (Å²) in [5.41, 5.74) is 0.928. The summed E-state index contributed by atoms with van der Waals surface area (Å²) in [6.45, 7) is 1.42. The average molecular weight is 315 g/mol. The lowest BCUT2D eigenvalue weighted by atomic mass is 10.1. The molecule has 1 fully saturated rings. The van der Waals surface area contributed by atoms with E-state index in [-0.39, 0.29) is 11.9 Å². The zero-order valence-corrected chi connectivity index (χ0v) is 13.0. The number of ether oxygens (including phenoxy) is 1. The minimum atomic E-state index is 0.0586. The van der Waals surface area contributed by atoms with Gasteiger partial charge in [0.05, 0.1) is 12.6 Å². The third-order valence-electron chi connectivity index (χ3n) is 3.82. The van der Waals surface area contributed by atoms with Gasteiger partial charge >= 0.3 is 0 Å². The van der Waals surface area contributed by atoms with Gasteiger partial charge < -0.3 is 14.6 Å². The fourth-order valence-corrected chi connectivity index (χ4v) is 2.62. The van der Waals surface area contributed by atoms with Gasteiger partial charge in [0.25, 0.3) is 0 Å². The van der Waals surface area contributed by atoms with Crippen LogP contribution in [0.1, 0.15) is 31.6 Å². The summed E-state index contributed by atoms with van der Waals surface area (Å²) in [5.74, 6) is 1.21. The summed E-state index contributed by atoms with van der Waals surface area (Å²) in [7, 11) is 0. The molecule has 23 heavy (non-hydrogen) atoms. The van der Waals surface area contributed by atoms with Crippen molar-refractivity contribution in [3.63, 3.8) is 0 Å². The Morgan fingerprint density at radius 3 is 2.96 bits per heavy atom. The maximum absolute atomic E-state index is 11.9. The Morgan fingerprint density at radius 2 is 2.17 bits per heavy atom. The van der Waals surface area contributed by atoms with Crippen molar-refractivity contribution in [3.05, 3.63) is 36.2 Å². The van der Waals surface area contributed by atoms with Crippen molar-refractivity contribution >= 4 is 5.91 Å². The lowest BCUT2D eigenvalue weighted by Crippen LogP contribution is -2.40. The van der Waals surface area contributed by atoms with E-state index in [9.17, 15) is 4.79 Å². The summed E-state index contributed by atoms with van der Waals surface area (Å²) in [6, 6.07) is 9.85. The molecule has 6 nitrogen and oxygen atoms in total. The Hall–Kier alpha value is -2.21. The van der Waals surface area contributed by atoms with E-state index < -0.39 is 0 Å². The van der Waals surface area contributed by atoms with E-state index in [0.717, 1.165) is 25.0 Å². The van der Waals surface area contributed by atoms with Crippen LogP contribution in [-0.2, 0) is 16.0 Å². The molecule has 1 saturated heterocycles. The number of nitrogens with zero attached hydrogens (tertiary/aromatic N) is 2. The number of amides is 1. The number of rotatable bonds is 6. The van der Waals surface area contributed by atoms with Crippen molar-refractivity contribution in [2.45, 2.75) is 38.1 Å². The first-order valence-corrected chi connectivity index (χ1v) is 8.06. The zero-order chi connectivity index (χ0) is 15.9. The third-order valence-corrected chi connectivity index (χ3v) is 3.82. The molecule has 1 aliphatic heterocycles. The van der Waals surface area contributed by atoms with E-state index in [2.05, 4.69) is 15.5 Å². The lowest BCUT2D eigenvalue weighted by Gasteiger charge is -2.23. The zero-order valence-electron chi connectivity index (χ0n) is 13.0. The predicted molar refractivity (Wildman–Crippen MR) is 84.7 cm³/mol. The van der Waals surface area contributed by atoms with Crippen molar-refractivity contribution in [2.75, 3.05) is 13.2 Å². The number of carbonyl (C=O) groups is 1. The van der Waals surface area contributed by atoms with Gasteiger partial charge in [0.15, 0.2) is 0 Å². The molecule has 2 aromatic rings. The number of aryl methyl sites for hydroxylation is 1. The Balaban J connectivity index is 1.42. The van der Waals surface area contributed by atoms with Crippen LogP contribution in [0.5, 0.6) is 0 Å². The Bertz CT molecular complexity index is 621. The highest BCUT2D eigenvalue weighted by Gasteiger charge is 2.16. The maximum Gasteiger partial charge on any atom is 0.226 e. The van der Waals surface area contributed by atoms with Crippen LogP contribution in [0.4, 0.5) is 0 Å². The average Bonchev–Trinajstić information content (AvgIpc) is 3.05. The SMILES string of the molecule is O=C(CCCc1nc(-c2ccccc2)no1)NC1CCCOC1. The molecule has 1 aromatic carbocycles. The summed E-state index contributed by atoms with van der Waals surface area (Å²) in [6.07, 6.45) is 3.76. The molecule has 0 spiro atoms. The van der Waals surface area contributed by atoms with E-state index in [0.29, 0.717) is 37.6 Å². The molecule has 1 N–H and O–H groups in total. The standard InChI is InChI=1S/C17H21N3O3/c21-15(18-14-8-5-11-22-12-14)9-4-10-16-19-17(20-23-16)13-6-2-1-3-7-13/h1-3,6-7,14H,4-5,8-12H2,(H,18,21). The third kappa shape index (κ3) is 4.63. The largest absolute Gasteiger partial charge is 0.379 e. The molecular formula is C17H21N3O3. The normalized spacial score (nSPS) is 17.8. The second-order valence-electron chi connectivity index (χ2n) is 5.71. The summed E-state index contributed by atoms with van der Waals surface area (Å²) in [4.78, 5) is 16.3. The number of aromatic nitrogens is 2. The molecule has 0 bridgehead atoms. The van der Waals surface area contributed by atoms with Gasteiger partial charge in [-0.3, -0.25) is 4.79 Å². The lowest BCUT2D eigenvalue weighted by molar-refractivity contribution is -0.122. The monoisotopic (exact) mass is 315 g/mol. The van der Waals surface area contributed by atoms with Gasteiger partial charge in [0, 0.05) is 25.0 Å². The van der Waals surface area contributed by atoms with Gasteiger partial charge in [-0.1, -0.05) is 35.5 Å². The molecule has 1 amide bonds. The number of nitrogens with one attached hydrogen (secondary N) is 1. The highest BCUT2D eigenvalue weighted by Crippen LogP contribution is 2.15. The quantitative estimate of drug-likeness (QED) is 0.885. The van der Waals surface area contributed by atoms with Crippen LogP contribution < -0.4 is 5.32 Å². The summed E-state index contributed by atoms with van der Waals surface area (Å²) >= 11 is 0. The first-order chi connectivity index (χ1) is 11.3. The molecule has 0 radical (unpaired) electrons. The van der Waals surface area contributed by atoms with Gasteiger partial charge in [-0.15, -0.1) is 0 Å². The fraction of sp³-hybridized carbons (Fsp3) is 0.471. The minimum absolute atomic E-state index is 0.0586. The Labute approximate surface area is 135 Å². The molecule has 2 heterocycles. The van der Waals surface area contributed by atoms with Gasteiger partial charge in [0.1, 0.15) is 0 Å². The summed E-state index contributed by atoms with van der Waals surface area (Å²) in [5, 5.41) is 6.98. The van der Waals surface area contributed by atoms with E-state index in [4.69, 9.17) is 9.26 Å². The van der Waals surface area contributed by atoms with Crippen molar-refractivity contribution in [1.29, 1.82) is 0 Å². The fourth-order valence-electron chi connectivity index (χ4n) is 2.62. The van der Waals surface area contributed by atoms with E-state index in [1.807, 2.05) is 30.3 Å². The molecule has 6 heteroatoms. The van der Waals surface area contributed by atoms with Gasteiger partial charge in [0.2, 0.25) is 17.6 Å². The molecule has 122 valence electrons. The van der Waals surface area contributed by atoms with Crippen LogP contribution in [0, 0.1) is 0 Å². The molecule has 1 aromatic heterocycles. The highest BCUT2D eigenvalue weighted by atomic mass is 16.5. The second-order valence-corrected chi connectivity index (χ2v) is 5.71. The first-order valence-electron chi connectivity index (χ1n) is 8.06. The van der Waals surface area contributed by atoms with E-state index >= 15 is 0 Å². The highest BCUT2D eigenvalue weighted by molar-refractivity contribution is 5.76. The number of hydrogen-bond acceptors (Lipinski definition) is 5. The van der Waals surface area contributed by atoms with Crippen LogP contribution in [0.2, 0.25) is 0 Å². The van der Waals surface area contributed by atoms with Crippen LogP contribution in [0.3, 0.4) is 0 Å². The molecule has 0 saturated carbocycles. The Morgan fingerprint density at radius 1 is 1.30 bits per heavy atom. The second kappa shape index (κ2) is 7.87. The van der Waals surface area contributed by atoms with Gasteiger partial charge in [-0.2, -0.15) is 4.98 Å². The molecule has 1 aliphatic rings. The van der Waals surface area contributed by atoms with E-state index in [1.54, 1.807) is 0 Å². The first kappa shape index (κ1) is 15.7. The number of benzene rings is 1. The number of hydrogen-bond donors (Lipinski definition) is 1. The van der Waals surface area contributed by atoms with E-state index in [1.165, 1.54) is 0 Å². The molecule has 0 aliphatic carbocycles. The minimum Gasteiger partial charge on any atom is -0.379 e. The predicted octanol–water partition coefficient (Wildman–Crippen LogP) is 2.35. The van der Waals surface area contributed by atoms with Crippen LogP contribution in [-0.4, -0.2) is 35.3 Å². The van der Waals surface area contributed by atoms with Crippen molar-refractivity contribution in [2.24, 2.45) is 0 Å². The number of carbonyl (C=O) groups excluding carboxylic acids is 1. The van der Waals surface area contributed by atoms with Crippen LogP contribution in [0.25, 0.3) is 11.4 Å². The van der Waals surface area contributed by atoms with Crippen molar-refractivity contribution < 1.29 is 14.1 Å². The maximum atomic E-state index is 11.9. The Kier molecular flexibility index (Phi) is 5.37. The molecular weight excluding hydrogens is 294 g/mol. The molecule has 1 atom stereocenters. The van der Waals surface area contributed by atoms with Crippen LogP contribution >= 0.6 is 0 Å². The van der Waals surface area contributed by atoms with Gasteiger partial charge in [-0.25, -0.2) is 0 Å². The smallest absolute Gasteiger partial charge is 0.226 e. The van der Waals surface area contributed by atoms with Crippen LogP contribution in [0.15, 0.2) is 34.9 Å². The topological polar surface area (TPSA) is 77.2 Å². The summed E-state index contributed by atoms with van der Waals surface area (Å²) < 4.78 is 10.6. The van der Waals surface area contributed by atoms with Gasteiger partial charge in [-0.05, 0) is 19.3 Å². The van der Waals surface area contributed by atoms with Crippen molar-refractivity contribution in [3.8, 4) is 11.4 Å². The van der Waals surface area contributed by atoms with Crippen molar-refractivity contribution in [1.82, 2.24) is 15.5 Å². The molecule has 3 rings (SSSR count).